The lowest BCUT2D eigenvalue weighted by Crippen LogP contribution is -2.07. The maximum Gasteiger partial charge on any atom is 0.162 e. The minimum Gasteiger partial charge on any atom is -0.462 e. The molecular formula is C18H15N3OS2. The molecule has 0 aliphatic heterocycles. The molecule has 0 fully saturated rings. The minimum absolute atomic E-state index is 0.683. The van der Waals surface area contributed by atoms with Crippen LogP contribution in [0.1, 0.15) is 35.4 Å². The largest absolute Gasteiger partial charge is 0.462 e. The van der Waals surface area contributed by atoms with Crippen molar-refractivity contribution in [3.05, 3.63) is 52.4 Å². The van der Waals surface area contributed by atoms with E-state index in [1.807, 2.05) is 23.6 Å². The molecule has 0 atom stereocenters. The second-order valence-electron chi connectivity index (χ2n) is 5.68. The van der Waals surface area contributed by atoms with Gasteiger partial charge in [0.2, 0.25) is 0 Å². The highest BCUT2D eigenvalue weighted by atomic mass is 32.2. The molecule has 4 nitrogen and oxygen atoms in total. The third-order valence-corrected chi connectivity index (χ3v) is 5.96. The van der Waals surface area contributed by atoms with Crippen molar-refractivity contribution in [1.29, 1.82) is 5.26 Å². The molecule has 0 unspecified atom stereocenters. The summed E-state index contributed by atoms with van der Waals surface area (Å²) < 4.78 is 5.38. The van der Waals surface area contributed by atoms with Crippen LogP contribution in [0, 0.1) is 11.3 Å². The van der Waals surface area contributed by atoms with Gasteiger partial charge in [-0.3, -0.25) is 0 Å². The van der Waals surface area contributed by atoms with E-state index >= 15 is 0 Å². The van der Waals surface area contributed by atoms with Gasteiger partial charge in [0.15, 0.2) is 10.8 Å². The van der Waals surface area contributed by atoms with Crippen molar-refractivity contribution in [3.63, 3.8) is 0 Å². The SMILES string of the molecule is N#Cc1cc2c(nc1SCc1csc(-c3ccco3)n1)CCCC2. The maximum absolute atomic E-state index is 9.42. The van der Waals surface area contributed by atoms with Crippen molar-refractivity contribution < 1.29 is 4.42 Å². The van der Waals surface area contributed by atoms with Crippen molar-refractivity contribution in [1.82, 2.24) is 9.97 Å². The Morgan fingerprint density at radius 2 is 2.21 bits per heavy atom. The Morgan fingerprint density at radius 1 is 1.29 bits per heavy atom. The predicted octanol–water partition coefficient (Wildman–Crippen LogP) is 4.84. The van der Waals surface area contributed by atoms with E-state index < -0.39 is 0 Å². The molecule has 0 aromatic carbocycles. The summed E-state index contributed by atoms with van der Waals surface area (Å²) in [6, 6.07) is 8.09. The molecule has 0 N–H and O–H groups in total. The highest BCUT2D eigenvalue weighted by Crippen LogP contribution is 2.31. The Balaban J connectivity index is 1.52. The average Bonchev–Trinajstić information content (AvgIpc) is 3.30. The summed E-state index contributed by atoms with van der Waals surface area (Å²) in [6.07, 6.45) is 6.10. The molecule has 0 spiro atoms. The first-order chi connectivity index (χ1) is 11.8. The summed E-state index contributed by atoms with van der Waals surface area (Å²) in [5, 5.41) is 13.2. The molecule has 3 aromatic heterocycles. The van der Waals surface area contributed by atoms with Crippen LogP contribution in [0.25, 0.3) is 10.8 Å². The lowest BCUT2D eigenvalue weighted by molar-refractivity contribution is 0.581. The standard InChI is InChI=1S/C18H15N3OS2/c19-9-13-8-12-4-1-2-5-15(12)21-17(13)23-10-14-11-24-18(20-14)16-6-3-7-22-16/h3,6-8,11H,1-2,4-5,10H2. The van der Waals surface area contributed by atoms with Crippen LogP contribution in [0.2, 0.25) is 0 Å². The topological polar surface area (TPSA) is 62.7 Å². The lowest BCUT2D eigenvalue weighted by atomic mass is 9.95. The van der Waals surface area contributed by atoms with Gasteiger partial charge < -0.3 is 4.42 Å². The van der Waals surface area contributed by atoms with E-state index in [0.717, 1.165) is 40.0 Å². The fourth-order valence-electron chi connectivity index (χ4n) is 2.83. The van der Waals surface area contributed by atoms with Crippen molar-refractivity contribution in [2.45, 2.75) is 36.5 Å². The number of hydrogen-bond acceptors (Lipinski definition) is 6. The maximum atomic E-state index is 9.42. The number of fused-ring (bicyclic) bond motifs is 1. The molecule has 120 valence electrons. The van der Waals surface area contributed by atoms with E-state index in [4.69, 9.17) is 9.40 Å². The Morgan fingerprint density at radius 3 is 3.04 bits per heavy atom. The van der Waals surface area contributed by atoms with Gasteiger partial charge in [-0.1, -0.05) is 11.8 Å². The van der Waals surface area contributed by atoms with Crippen LogP contribution < -0.4 is 0 Å². The van der Waals surface area contributed by atoms with E-state index in [2.05, 4.69) is 11.1 Å². The van der Waals surface area contributed by atoms with E-state index in [9.17, 15) is 5.26 Å². The number of hydrogen-bond donors (Lipinski definition) is 0. The number of thiazole rings is 1. The van der Waals surface area contributed by atoms with Crippen LogP contribution in [-0.4, -0.2) is 9.97 Å². The molecule has 24 heavy (non-hydrogen) atoms. The second-order valence-corrected chi connectivity index (χ2v) is 7.50. The molecular weight excluding hydrogens is 338 g/mol. The second kappa shape index (κ2) is 6.80. The fraction of sp³-hybridized carbons (Fsp3) is 0.278. The molecule has 0 bridgehead atoms. The van der Waals surface area contributed by atoms with Gasteiger partial charge >= 0.3 is 0 Å². The monoisotopic (exact) mass is 353 g/mol. The number of furan rings is 1. The summed E-state index contributed by atoms with van der Waals surface area (Å²) in [5.74, 6) is 1.50. The number of pyridine rings is 1. The van der Waals surface area contributed by atoms with Gasteiger partial charge in [0.25, 0.3) is 0 Å². The molecule has 3 aromatic rings. The van der Waals surface area contributed by atoms with Crippen LogP contribution >= 0.6 is 23.1 Å². The van der Waals surface area contributed by atoms with Crippen LogP contribution in [0.5, 0.6) is 0 Å². The van der Waals surface area contributed by atoms with E-state index in [1.165, 1.54) is 18.4 Å². The van der Waals surface area contributed by atoms with Crippen LogP contribution in [0.3, 0.4) is 0 Å². The minimum atomic E-state index is 0.683. The van der Waals surface area contributed by atoms with Crippen LogP contribution in [0.15, 0.2) is 39.3 Å². The summed E-state index contributed by atoms with van der Waals surface area (Å²) in [5.41, 5.74) is 4.08. The zero-order chi connectivity index (χ0) is 16.4. The fourth-order valence-corrected chi connectivity index (χ4v) is 4.59. The van der Waals surface area contributed by atoms with Crippen LogP contribution in [0.4, 0.5) is 0 Å². The van der Waals surface area contributed by atoms with Gasteiger partial charge in [-0.25, -0.2) is 9.97 Å². The molecule has 0 radical (unpaired) electrons. The van der Waals surface area contributed by atoms with Gasteiger partial charge in [-0.15, -0.1) is 11.3 Å². The predicted molar refractivity (Wildman–Crippen MR) is 95.0 cm³/mol. The Kier molecular flexibility index (Phi) is 4.37. The van der Waals surface area contributed by atoms with E-state index in [-0.39, 0.29) is 0 Å². The molecule has 6 heteroatoms. The number of aromatic nitrogens is 2. The van der Waals surface area contributed by atoms with E-state index in [1.54, 1.807) is 29.4 Å². The summed E-state index contributed by atoms with van der Waals surface area (Å²) in [6.45, 7) is 0. The Hall–Kier alpha value is -2.10. The normalized spacial score (nSPS) is 13.5. The summed E-state index contributed by atoms with van der Waals surface area (Å²) >= 11 is 3.16. The first-order valence-electron chi connectivity index (χ1n) is 7.87. The van der Waals surface area contributed by atoms with Gasteiger partial charge in [0, 0.05) is 16.8 Å². The summed E-state index contributed by atoms with van der Waals surface area (Å²) in [7, 11) is 0. The van der Waals surface area contributed by atoms with Crippen LogP contribution in [-0.2, 0) is 18.6 Å². The first kappa shape index (κ1) is 15.4. The number of nitrogens with zero attached hydrogens (tertiary/aromatic N) is 3. The van der Waals surface area contributed by atoms with Crippen molar-refractivity contribution in [3.8, 4) is 16.8 Å². The number of rotatable bonds is 4. The third kappa shape index (κ3) is 3.10. The average molecular weight is 353 g/mol. The van der Waals surface area contributed by atoms with Gasteiger partial charge in [-0.2, -0.15) is 5.26 Å². The molecule has 1 aliphatic carbocycles. The molecule has 0 saturated heterocycles. The zero-order valence-corrected chi connectivity index (χ0v) is 14.6. The highest BCUT2D eigenvalue weighted by molar-refractivity contribution is 7.98. The third-order valence-electron chi connectivity index (χ3n) is 4.03. The highest BCUT2D eigenvalue weighted by Gasteiger charge is 2.16. The molecule has 0 saturated carbocycles. The first-order valence-corrected chi connectivity index (χ1v) is 9.74. The molecule has 3 heterocycles. The van der Waals surface area contributed by atoms with E-state index in [0.29, 0.717) is 11.3 Å². The van der Waals surface area contributed by atoms with Crippen molar-refractivity contribution >= 4 is 23.1 Å². The van der Waals surface area contributed by atoms with Crippen molar-refractivity contribution in [2.24, 2.45) is 0 Å². The molecule has 1 aliphatic rings. The quantitative estimate of drug-likeness (QED) is 0.628. The Labute approximate surface area is 148 Å². The smallest absolute Gasteiger partial charge is 0.162 e. The van der Waals surface area contributed by atoms with Gasteiger partial charge in [0.05, 0.1) is 17.5 Å². The van der Waals surface area contributed by atoms with Gasteiger partial charge in [-0.05, 0) is 49.4 Å². The number of aryl methyl sites for hydroxylation is 2. The molecule has 4 rings (SSSR count). The zero-order valence-electron chi connectivity index (χ0n) is 13.0. The Bertz CT molecular complexity index is 894. The van der Waals surface area contributed by atoms with Crippen molar-refractivity contribution in [2.75, 3.05) is 0 Å². The summed E-state index contributed by atoms with van der Waals surface area (Å²) in [4.78, 5) is 9.36. The molecule has 0 amide bonds. The lowest BCUT2D eigenvalue weighted by Gasteiger charge is -2.16. The number of thioether (sulfide) groups is 1. The van der Waals surface area contributed by atoms with Gasteiger partial charge in [0.1, 0.15) is 11.1 Å². The number of nitriles is 1.